The van der Waals surface area contributed by atoms with E-state index in [0.29, 0.717) is 0 Å². The van der Waals surface area contributed by atoms with Crippen molar-refractivity contribution in [3.8, 4) is 0 Å². The summed E-state index contributed by atoms with van der Waals surface area (Å²) in [7, 11) is -2.81. The Morgan fingerprint density at radius 3 is 2.00 bits per heavy atom. The van der Waals surface area contributed by atoms with Crippen molar-refractivity contribution < 1.29 is 23.9 Å². The van der Waals surface area contributed by atoms with Crippen LogP contribution in [0, 0.1) is 10.1 Å². The van der Waals surface area contributed by atoms with Crippen molar-refractivity contribution in [2.75, 3.05) is 13.2 Å². The lowest BCUT2D eigenvalue weighted by atomic mass is 10.1. The van der Waals surface area contributed by atoms with Crippen molar-refractivity contribution in [1.29, 1.82) is 0 Å². The van der Waals surface area contributed by atoms with Gasteiger partial charge in [-0.25, -0.2) is 0 Å². The van der Waals surface area contributed by atoms with E-state index in [1.54, 1.807) is 13.8 Å². The highest BCUT2D eigenvalue weighted by Crippen LogP contribution is 2.38. The minimum absolute atomic E-state index is 0.149. The first kappa shape index (κ1) is 24.5. The quantitative estimate of drug-likeness (QED) is 0.371. The number of hydrogen-bond donors (Lipinski definition) is 1. The predicted octanol–water partition coefficient (Wildman–Crippen LogP) is 2.72. The molecule has 0 aliphatic carbocycles. The highest BCUT2D eigenvalue weighted by Gasteiger charge is 2.53. The summed E-state index contributed by atoms with van der Waals surface area (Å²) in [6.07, 6.45) is -2.78. The van der Waals surface area contributed by atoms with Gasteiger partial charge in [0.25, 0.3) is 8.32 Å². The van der Waals surface area contributed by atoms with Gasteiger partial charge in [-0.1, -0.05) is 81.4 Å². The SMILES string of the molecule is CC1(C)O[C@@H]([C@@H](O)C[N+](=O)[O-])[C@H](CO[Si](c2ccccc2)(c2ccccc2)C(C)(C)C)O1. The van der Waals surface area contributed by atoms with Crippen molar-refractivity contribution in [2.24, 2.45) is 0 Å². The molecular formula is C24H33NO6Si. The van der Waals surface area contributed by atoms with Crippen LogP contribution in [0.25, 0.3) is 0 Å². The van der Waals surface area contributed by atoms with E-state index in [9.17, 15) is 15.2 Å². The van der Waals surface area contributed by atoms with Gasteiger partial charge in [-0.3, -0.25) is 10.1 Å². The summed E-state index contributed by atoms with van der Waals surface area (Å²) in [5, 5.41) is 23.5. The number of benzene rings is 2. The van der Waals surface area contributed by atoms with Crippen LogP contribution in [-0.2, 0) is 13.9 Å². The molecule has 1 N–H and O–H groups in total. The van der Waals surface area contributed by atoms with Crippen molar-refractivity contribution in [1.82, 2.24) is 0 Å². The normalized spacial score (nSPS) is 21.9. The summed E-state index contributed by atoms with van der Waals surface area (Å²) >= 11 is 0. The van der Waals surface area contributed by atoms with E-state index < -0.39 is 43.9 Å². The molecule has 1 aliphatic heterocycles. The van der Waals surface area contributed by atoms with Gasteiger partial charge in [0.1, 0.15) is 18.3 Å². The van der Waals surface area contributed by atoms with E-state index in [0.717, 1.165) is 10.4 Å². The molecule has 1 heterocycles. The molecule has 0 unspecified atom stereocenters. The van der Waals surface area contributed by atoms with E-state index in [1.165, 1.54) is 0 Å². The second kappa shape index (κ2) is 9.41. The van der Waals surface area contributed by atoms with E-state index in [2.05, 4.69) is 45.0 Å². The number of nitro groups is 1. The fourth-order valence-corrected chi connectivity index (χ4v) is 9.11. The first-order valence-electron chi connectivity index (χ1n) is 10.9. The van der Waals surface area contributed by atoms with Gasteiger partial charge in [0.05, 0.1) is 6.61 Å². The Labute approximate surface area is 190 Å². The monoisotopic (exact) mass is 459 g/mol. The maximum atomic E-state index is 11.0. The van der Waals surface area contributed by atoms with Crippen LogP contribution in [0.5, 0.6) is 0 Å². The molecule has 174 valence electrons. The Hall–Kier alpha value is -2.10. The van der Waals surface area contributed by atoms with Gasteiger partial charge >= 0.3 is 0 Å². The molecule has 0 bridgehead atoms. The number of hydrogen-bond acceptors (Lipinski definition) is 6. The number of aliphatic hydroxyl groups is 1. The molecule has 1 aliphatic rings. The van der Waals surface area contributed by atoms with Crippen molar-refractivity contribution in [3.05, 3.63) is 70.8 Å². The second-order valence-electron chi connectivity index (χ2n) is 9.70. The zero-order chi connectivity index (χ0) is 23.6. The summed E-state index contributed by atoms with van der Waals surface area (Å²) < 4.78 is 18.8. The van der Waals surface area contributed by atoms with Gasteiger partial charge in [-0.2, -0.15) is 0 Å². The van der Waals surface area contributed by atoms with E-state index in [4.69, 9.17) is 13.9 Å². The average molecular weight is 460 g/mol. The Morgan fingerprint density at radius 2 is 1.56 bits per heavy atom. The van der Waals surface area contributed by atoms with Crippen molar-refractivity contribution in [3.63, 3.8) is 0 Å². The molecule has 2 aromatic rings. The molecule has 2 aromatic carbocycles. The molecule has 32 heavy (non-hydrogen) atoms. The molecule has 0 spiro atoms. The molecular weight excluding hydrogens is 426 g/mol. The lowest BCUT2D eigenvalue weighted by molar-refractivity contribution is -0.493. The number of nitrogens with zero attached hydrogens (tertiary/aromatic N) is 1. The second-order valence-corrected chi connectivity index (χ2v) is 14.0. The summed E-state index contributed by atoms with van der Waals surface area (Å²) in [6, 6.07) is 20.4. The van der Waals surface area contributed by atoms with Gasteiger partial charge in [-0.15, -0.1) is 0 Å². The van der Waals surface area contributed by atoms with Gasteiger partial charge in [0.2, 0.25) is 6.54 Å². The van der Waals surface area contributed by atoms with E-state index >= 15 is 0 Å². The van der Waals surface area contributed by atoms with Crippen molar-refractivity contribution in [2.45, 2.75) is 63.8 Å². The molecule has 0 aromatic heterocycles. The Balaban J connectivity index is 1.99. The maximum absolute atomic E-state index is 11.0. The van der Waals surface area contributed by atoms with Crippen LogP contribution in [-0.4, -0.2) is 55.6 Å². The standard InChI is InChI=1S/C24H33NO6Si/c1-23(2,3)32(18-12-8-6-9-13-18,19-14-10-7-11-15-19)29-17-21-22(20(26)16-25(27)28)31-24(4,5)30-21/h6-15,20-22,26H,16-17H2,1-5H3/t20-,21-,22-/m0/s1. The summed E-state index contributed by atoms with van der Waals surface area (Å²) in [4.78, 5) is 10.4. The van der Waals surface area contributed by atoms with Crippen LogP contribution in [0.1, 0.15) is 34.6 Å². The van der Waals surface area contributed by atoms with Crippen LogP contribution in [0.4, 0.5) is 0 Å². The molecule has 1 fully saturated rings. The van der Waals surface area contributed by atoms with Crippen LogP contribution in [0.15, 0.2) is 60.7 Å². The van der Waals surface area contributed by atoms with Gasteiger partial charge in [-0.05, 0) is 29.3 Å². The zero-order valence-corrected chi connectivity index (χ0v) is 20.4. The van der Waals surface area contributed by atoms with Crippen LogP contribution in [0.3, 0.4) is 0 Å². The Kier molecular flexibility index (Phi) is 7.21. The minimum atomic E-state index is -2.81. The van der Waals surface area contributed by atoms with E-state index in [1.807, 2.05) is 36.4 Å². The highest BCUT2D eigenvalue weighted by atomic mass is 28.4. The van der Waals surface area contributed by atoms with Crippen molar-refractivity contribution >= 4 is 18.7 Å². The third-order valence-electron chi connectivity index (χ3n) is 5.82. The average Bonchev–Trinajstić information content (AvgIpc) is 3.03. The van der Waals surface area contributed by atoms with Crippen LogP contribution in [0.2, 0.25) is 5.04 Å². The highest BCUT2D eigenvalue weighted by molar-refractivity contribution is 6.99. The third kappa shape index (κ3) is 5.10. The molecule has 3 atom stereocenters. The molecule has 0 saturated carbocycles. The Morgan fingerprint density at radius 1 is 1.06 bits per heavy atom. The molecule has 3 rings (SSSR count). The largest absolute Gasteiger partial charge is 0.405 e. The molecule has 0 radical (unpaired) electrons. The smallest absolute Gasteiger partial charge is 0.261 e. The zero-order valence-electron chi connectivity index (χ0n) is 19.4. The summed E-state index contributed by atoms with van der Waals surface area (Å²) in [5.41, 5.74) is 0. The molecule has 1 saturated heterocycles. The van der Waals surface area contributed by atoms with E-state index in [-0.39, 0.29) is 11.6 Å². The molecule has 7 nitrogen and oxygen atoms in total. The first-order chi connectivity index (χ1) is 15.0. The number of rotatable bonds is 8. The fourth-order valence-electron chi connectivity index (χ4n) is 4.54. The van der Waals surface area contributed by atoms with Crippen LogP contribution < -0.4 is 10.4 Å². The Bertz CT molecular complexity index is 860. The lowest BCUT2D eigenvalue weighted by Crippen LogP contribution is -2.67. The summed E-state index contributed by atoms with van der Waals surface area (Å²) in [6.45, 7) is 9.54. The number of ether oxygens (including phenoxy) is 2. The topological polar surface area (TPSA) is 91.1 Å². The fraction of sp³-hybridized carbons (Fsp3) is 0.500. The molecule has 0 amide bonds. The third-order valence-corrected chi connectivity index (χ3v) is 10.8. The van der Waals surface area contributed by atoms with Gasteiger partial charge in [0, 0.05) is 4.92 Å². The first-order valence-corrected chi connectivity index (χ1v) is 12.8. The molecule has 8 heteroatoms. The van der Waals surface area contributed by atoms with Crippen LogP contribution >= 0.6 is 0 Å². The summed E-state index contributed by atoms with van der Waals surface area (Å²) in [5.74, 6) is -0.971. The minimum Gasteiger partial charge on any atom is -0.405 e. The van der Waals surface area contributed by atoms with Gasteiger partial charge < -0.3 is 19.0 Å². The predicted molar refractivity (Wildman–Crippen MR) is 125 cm³/mol. The number of aliphatic hydroxyl groups excluding tert-OH is 1. The lowest BCUT2D eigenvalue weighted by Gasteiger charge is -2.43. The maximum Gasteiger partial charge on any atom is 0.261 e. The van der Waals surface area contributed by atoms with Gasteiger partial charge in [0.15, 0.2) is 5.79 Å².